The van der Waals surface area contributed by atoms with Crippen molar-refractivity contribution in [2.24, 2.45) is 0 Å². The normalized spacial score (nSPS) is 11.5. The number of halogens is 6. The summed E-state index contributed by atoms with van der Waals surface area (Å²) in [4.78, 5) is 0. The van der Waals surface area contributed by atoms with E-state index in [1.54, 1.807) is 0 Å². The maximum absolute atomic E-state index is 5.56. The number of allylic oxidation sites excluding steroid dienone is 4. The maximum atomic E-state index is 5.56. The smallest absolute Gasteiger partial charge is 1.00 e. The fourth-order valence-corrected chi connectivity index (χ4v) is 12.6. The van der Waals surface area contributed by atoms with Crippen LogP contribution in [0.25, 0.3) is 0 Å². The third-order valence-corrected chi connectivity index (χ3v) is 13.5. The van der Waals surface area contributed by atoms with Gasteiger partial charge in [-0.2, -0.15) is 0 Å². The number of hydrogen-bond donors (Lipinski definition) is 0. The van der Waals surface area contributed by atoms with Crippen LogP contribution >= 0.6 is 65.1 Å². The second-order valence-corrected chi connectivity index (χ2v) is 24.8. The Balaban J connectivity index is -0.000000101. The fourth-order valence-electron chi connectivity index (χ4n) is 3.59. The van der Waals surface area contributed by atoms with E-state index in [-0.39, 0.29) is 35.5 Å². The standard InChI is InChI=1S/C15H27BrSi.C4H8O.C4H7.C3H6BrCl3Si.C2H4.ClH.Mg/c1-13(2)10-17(9-7-8-16,11-14(3)4)12-15(5)6;1-2-4-5-3-1;1-4(2)3;4-2-1-3-8(5,6)7;1-2;;/h1,3,5,7-12H2,2,4,6H3;1-4H2;1-2H2,3H3;1-3H2;1-2H2;1H;/q;;-1;;;;+2/p-1. The van der Waals surface area contributed by atoms with Crippen molar-refractivity contribution < 1.29 is 17.1 Å². The van der Waals surface area contributed by atoms with Gasteiger partial charge in [0.1, 0.15) is 0 Å². The molecule has 0 aromatic heterocycles. The molecule has 0 aromatic carbocycles. The first-order valence-electron chi connectivity index (χ1n) is 12.3. The molecule has 0 unspecified atom stereocenters. The van der Waals surface area contributed by atoms with E-state index in [0.29, 0.717) is 0 Å². The molecule has 222 valence electrons. The Bertz CT molecular complexity index is 547. The minimum Gasteiger partial charge on any atom is -1.00 e. The summed E-state index contributed by atoms with van der Waals surface area (Å²) in [6.45, 7) is 35.6. The molecule has 0 radical (unpaired) electrons. The molecule has 0 aromatic rings. The predicted octanol–water partition coefficient (Wildman–Crippen LogP) is 8.99. The van der Waals surface area contributed by atoms with Gasteiger partial charge in [0.15, 0.2) is 0 Å². The minimum absolute atomic E-state index is 0. The number of ether oxygens (including phenoxy) is 1. The summed E-state index contributed by atoms with van der Waals surface area (Å²) in [5.41, 5.74) is 4.90. The monoisotopic (exact) mass is 782 g/mol. The minimum atomic E-state index is -2.29. The van der Waals surface area contributed by atoms with Gasteiger partial charge < -0.3 is 17.1 Å². The molecule has 0 spiro atoms. The number of alkyl halides is 2. The first kappa shape index (κ1) is 52.5. The average molecular weight is 787 g/mol. The Hall–Kier alpha value is 1.85. The zero-order valence-electron chi connectivity index (χ0n) is 24.5. The Labute approximate surface area is 292 Å². The van der Waals surface area contributed by atoms with Gasteiger partial charge in [-0.3, -0.25) is 0 Å². The zero-order chi connectivity index (χ0) is 29.2. The molecule has 1 saturated heterocycles. The van der Waals surface area contributed by atoms with Gasteiger partial charge in [0.25, 0.3) is 0 Å². The van der Waals surface area contributed by atoms with Crippen LogP contribution in [0, 0.1) is 6.92 Å². The summed E-state index contributed by atoms with van der Waals surface area (Å²) in [5.74, 6) is 0. The van der Waals surface area contributed by atoms with E-state index in [0.717, 1.165) is 41.9 Å². The fraction of sp³-hybridized carbons (Fsp3) is 0.607. The zero-order valence-corrected chi connectivity index (χ0v) is 34.1. The molecule has 1 rings (SSSR count). The third kappa shape index (κ3) is 50.7. The number of rotatable bonds is 12. The van der Waals surface area contributed by atoms with E-state index in [1.165, 1.54) is 60.2 Å². The van der Waals surface area contributed by atoms with Crippen LogP contribution in [-0.2, 0) is 4.74 Å². The van der Waals surface area contributed by atoms with Crippen LogP contribution in [0.3, 0.4) is 0 Å². The van der Waals surface area contributed by atoms with Gasteiger partial charge in [0, 0.05) is 23.9 Å². The van der Waals surface area contributed by atoms with Crippen LogP contribution in [0.1, 0.15) is 53.4 Å². The van der Waals surface area contributed by atoms with Gasteiger partial charge in [-0.25, -0.2) is 19.1 Å². The van der Waals surface area contributed by atoms with Gasteiger partial charge in [0.2, 0.25) is 0 Å². The van der Waals surface area contributed by atoms with E-state index < -0.39 is 14.1 Å². The first-order chi connectivity index (χ1) is 16.6. The second kappa shape index (κ2) is 35.0. The van der Waals surface area contributed by atoms with Crippen LogP contribution in [0.2, 0.25) is 30.2 Å². The summed E-state index contributed by atoms with van der Waals surface area (Å²) in [6, 6.07) is 3.48. The second-order valence-electron chi connectivity index (χ2n) is 9.38. The van der Waals surface area contributed by atoms with Crippen molar-refractivity contribution in [2.45, 2.75) is 83.6 Å². The molecule has 38 heavy (non-hydrogen) atoms. The molecular formula is C28H52Br2Cl4MgOSi2. The van der Waals surface area contributed by atoms with E-state index in [4.69, 9.17) is 38.0 Å². The van der Waals surface area contributed by atoms with Crippen molar-refractivity contribution in [3.63, 3.8) is 0 Å². The number of hydrogen-bond acceptors (Lipinski definition) is 1. The summed E-state index contributed by atoms with van der Waals surface area (Å²) in [5, 5.41) is 2.03. The van der Waals surface area contributed by atoms with Crippen LogP contribution in [-0.4, -0.2) is 61.0 Å². The molecule has 0 bridgehead atoms. The molecule has 0 N–H and O–H groups in total. The summed E-state index contributed by atoms with van der Waals surface area (Å²) >= 11 is 23.5. The van der Waals surface area contributed by atoms with Crippen molar-refractivity contribution in [1.29, 1.82) is 0 Å². The SMILES string of the molecule is C1CCOC1.C=C.C=C(C)C[Si](CCCBr)(CC(=C)C)CC(=C)C.C=C([CH2-])C.Cl[Si](Cl)(Cl)CCCBr.[Cl-].[Mg+2]. The quantitative estimate of drug-likeness (QED) is 0.0632. The van der Waals surface area contributed by atoms with E-state index in [1.807, 2.05) is 6.92 Å². The van der Waals surface area contributed by atoms with Crippen molar-refractivity contribution >= 4 is 102 Å². The van der Waals surface area contributed by atoms with E-state index in [2.05, 4.69) is 99.0 Å². The van der Waals surface area contributed by atoms with E-state index in [9.17, 15) is 0 Å². The van der Waals surface area contributed by atoms with Gasteiger partial charge >= 0.3 is 29.1 Å². The molecular weight excluding hydrogens is 734 g/mol. The molecule has 1 aliphatic rings. The average Bonchev–Trinajstić information content (AvgIpc) is 3.30. The van der Waals surface area contributed by atoms with Crippen LogP contribution < -0.4 is 12.4 Å². The summed E-state index contributed by atoms with van der Waals surface area (Å²) in [6.07, 6.45) is 4.78. The Morgan fingerprint density at radius 2 is 1.05 bits per heavy atom. The predicted molar refractivity (Wildman–Crippen MR) is 192 cm³/mol. The largest absolute Gasteiger partial charge is 2.00 e. The van der Waals surface area contributed by atoms with Crippen molar-refractivity contribution in [3.8, 4) is 0 Å². The topological polar surface area (TPSA) is 9.23 Å². The first-order valence-corrected chi connectivity index (χ1v) is 22.6. The molecule has 1 aliphatic heterocycles. The van der Waals surface area contributed by atoms with Crippen LogP contribution in [0.4, 0.5) is 0 Å². The van der Waals surface area contributed by atoms with Crippen LogP contribution in [0.15, 0.2) is 61.8 Å². The molecule has 1 heterocycles. The van der Waals surface area contributed by atoms with Crippen molar-refractivity contribution in [1.82, 2.24) is 0 Å². The molecule has 1 nitrogen and oxygen atoms in total. The molecule has 10 heteroatoms. The van der Waals surface area contributed by atoms with Gasteiger partial charge in [-0.05, 0) is 70.6 Å². The Kier molecular flexibility index (Phi) is 48.4. The van der Waals surface area contributed by atoms with Crippen LogP contribution in [0.5, 0.6) is 0 Å². The van der Waals surface area contributed by atoms with Gasteiger partial charge in [0.05, 0.1) is 8.07 Å². The molecule has 1 fully saturated rings. The van der Waals surface area contributed by atoms with E-state index >= 15 is 0 Å². The summed E-state index contributed by atoms with van der Waals surface area (Å²) in [7, 11) is -1.33. The summed E-state index contributed by atoms with van der Waals surface area (Å²) < 4.78 is 4.94. The Morgan fingerprint density at radius 1 is 0.763 bits per heavy atom. The van der Waals surface area contributed by atoms with Crippen molar-refractivity contribution in [3.05, 3.63) is 68.7 Å². The molecule has 0 aliphatic carbocycles. The van der Waals surface area contributed by atoms with Gasteiger partial charge in [-0.1, -0.05) is 61.5 Å². The van der Waals surface area contributed by atoms with Crippen molar-refractivity contribution in [2.75, 3.05) is 23.9 Å². The van der Waals surface area contributed by atoms with Gasteiger partial charge in [-0.15, -0.1) is 66.1 Å². The molecule has 0 saturated carbocycles. The Morgan fingerprint density at radius 3 is 1.21 bits per heavy atom. The molecule has 0 amide bonds. The molecule has 0 atom stereocenters. The maximum Gasteiger partial charge on any atom is 2.00 e. The third-order valence-electron chi connectivity index (χ3n) is 4.29.